The number of ether oxygens (including phenoxy) is 1. The fourth-order valence-electron chi connectivity index (χ4n) is 0.806. The van der Waals surface area contributed by atoms with Crippen molar-refractivity contribution in [3.63, 3.8) is 0 Å². The van der Waals surface area contributed by atoms with E-state index in [2.05, 4.69) is 12.4 Å². The molecule has 0 aliphatic carbocycles. The second kappa shape index (κ2) is 7.49. The first-order valence-electron chi connectivity index (χ1n) is 4.50. The Labute approximate surface area is 74.4 Å². The lowest BCUT2D eigenvalue weighted by Crippen LogP contribution is -2.32. The smallest absolute Gasteiger partial charge is 0.179 e. The standard InChI is InChI=1S/C8H20N2O2/c1-4-6-8(11-7(3)9)12-10-5-2/h7-8,10H,4-6,9H2,1-3H3. The monoisotopic (exact) mass is 176 g/mol. The molecule has 0 heterocycles. The Morgan fingerprint density at radius 2 is 2.08 bits per heavy atom. The van der Waals surface area contributed by atoms with Gasteiger partial charge in [0.1, 0.15) is 6.23 Å². The number of rotatable bonds is 7. The molecule has 0 saturated carbocycles. The largest absolute Gasteiger partial charge is 0.333 e. The van der Waals surface area contributed by atoms with Crippen molar-refractivity contribution in [1.82, 2.24) is 5.48 Å². The van der Waals surface area contributed by atoms with Crippen LogP contribution in [0.5, 0.6) is 0 Å². The first-order chi connectivity index (χ1) is 5.70. The van der Waals surface area contributed by atoms with E-state index in [-0.39, 0.29) is 12.5 Å². The molecule has 0 aromatic carbocycles. The maximum atomic E-state index is 5.47. The molecule has 0 aromatic rings. The Morgan fingerprint density at radius 3 is 2.50 bits per heavy atom. The minimum absolute atomic E-state index is 0.227. The number of hydroxylamine groups is 1. The van der Waals surface area contributed by atoms with Crippen LogP contribution < -0.4 is 11.2 Å². The minimum Gasteiger partial charge on any atom is -0.333 e. The number of nitrogens with two attached hydrogens (primary N) is 1. The second-order valence-corrected chi connectivity index (χ2v) is 2.68. The molecule has 4 nitrogen and oxygen atoms in total. The van der Waals surface area contributed by atoms with E-state index in [4.69, 9.17) is 15.3 Å². The van der Waals surface area contributed by atoms with Crippen LogP contribution in [-0.4, -0.2) is 19.1 Å². The predicted molar refractivity (Wildman–Crippen MR) is 48.2 cm³/mol. The molecule has 3 N–H and O–H groups in total. The van der Waals surface area contributed by atoms with Crippen molar-refractivity contribution in [3.8, 4) is 0 Å². The van der Waals surface area contributed by atoms with Crippen LogP contribution in [0.1, 0.15) is 33.6 Å². The van der Waals surface area contributed by atoms with Gasteiger partial charge in [0.05, 0.1) is 0 Å². The first-order valence-corrected chi connectivity index (χ1v) is 4.50. The number of hydrogen-bond donors (Lipinski definition) is 2. The zero-order valence-electron chi connectivity index (χ0n) is 8.17. The lowest BCUT2D eigenvalue weighted by atomic mass is 10.3. The van der Waals surface area contributed by atoms with Crippen molar-refractivity contribution in [2.45, 2.75) is 46.1 Å². The summed E-state index contributed by atoms with van der Waals surface area (Å²) < 4.78 is 5.29. The average Bonchev–Trinajstić information content (AvgIpc) is 2.00. The van der Waals surface area contributed by atoms with Crippen molar-refractivity contribution in [3.05, 3.63) is 0 Å². The summed E-state index contributed by atoms with van der Waals surface area (Å²) in [4.78, 5) is 5.19. The molecule has 0 aliphatic heterocycles. The summed E-state index contributed by atoms with van der Waals surface area (Å²) in [6.45, 7) is 6.60. The van der Waals surface area contributed by atoms with Crippen LogP contribution in [0.2, 0.25) is 0 Å². The minimum atomic E-state index is -0.278. The SMILES string of the molecule is CCCC(ONCC)OC(C)N. The van der Waals surface area contributed by atoms with Gasteiger partial charge >= 0.3 is 0 Å². The van der Waals surface area contributed by atoms with E-state index in [1.54, 1.807) is 6.92 Å². The van der Waals surface area contributed by atoms with Gasteiger partial charge in [0, 0.05) is 6.54 Å². The van der Waals surface area contributed by atoms with Gasteiger partial charge in [-0.2, -0.15) is 5.48 Å². The number of hydrogen-bond acceptors (Lipinski definition) is 4. The van der Waals surface area contributed by atoms with Gasteiger partial charge in [-0.15, -0.1) is 0 Å². The van der Waals surface area contributed by atoms with Crippen molar-refractivity contribution in [2.75, 3.05) is 6.54 Å². The van der Waals surface area contributed by atoms with Crippen LogP contribution >= 0.6 is 0 Å². The molecular weight excluding hydrogens is 156 g/mol. The van der Waals surface area contributed by atoms with Gasteiger partial charge in [0.25, 0.3) is 0 Å². The lowest BCUT2D eigenvalue weighted by Gasteiger charge is -2.19. The fourth-order valence-corrected chi connectivity index (χ4v) is 0.806. The molecule has 4 heteroatoms. The summed E-state index contributed by atoms with van der Waals surface area (Å²) >= 11 is 0. The molecule has 0 spiro atoms. The highest BCUT2D eigenvalue weighted by Gasteiger charge is 2.09. The molecule has 12 heavy (non-hydrogen) atoms. The second-order valence-electron chi connectivity index (χ2n) is 2.68. The van der Waals surface area contributed by atoms with Gasteiger partial charge in [-0.05, 0) is 13.3 Å². The van der Waals surface area contributed by atoms with Gasteiger partial charge in [-0.3, -0.25) is 4.84 Å². The van der Waals surface area contributed by atoms with Gasteiger partial charge in [-0.25, -0.2) is 0 Å². The lowest BCUT2D eigenvalue weighted by molar-refractivity contribution is -0.200. The predicted octanol–water partition coefficient (Wildman–Crippen LogP) is 0.975. The molecule has 0 saturated heterocycles. The Hall–Kier alpha value is -0.160. The van der Waals surface area contributed by atoms with Crippen LogP contribution in [0.15, 0.2) is 0 Å². The van der Waals surface area contributed by atoms with E-state index in [1.165, 1.54) is 0 Å². The van der Waals surface area contributed by atoms with Crippen LogP contribution in [-0.2, 0) is 9.57 Å². The van der Waals surface area contributed by atoms with Gasteiger partial charge in [-0.1, -0.05) is 20.3 Å². The maximum absolute atomic E-state index is 5.47. The van der Waals surface area contributed by atoms with Crippen molar-refractivity contribution < 1.29 is 9.57 Å². The van der Waals surface area contributed by atoms with E-state index in [1.807, 2.05) is 6.92 Å². The molecule has 0 rings (SSSR count). The van der Waals surface area contributed by atoms with Crippen LogP contribution in [0.25, 0.3) is 0 Å². The zero-order valence-corrected chi connectivity index (χ0v) is 8.17. The van der Waals surface area contributed by atoms with Crippen molar-refractivity contribution >= 4 is 0 Å². The van der Waals surface area contributed by atoms with Crippen molar-refractivity contribution in [1.29, 1.82) is 0 Å². The summed E-state index contributed by atoms with van der Waals surface area (Å²) in [5.41, 5.74) is 8.22. The van der Waals surface area contributed by atoms with E-state index < -0.39 is 0 Å². The van der Waals surface area contributed by atoms with Crippen LogP contribution in [0.3, 0.4) is 0 Å². The Morgan fingerprint density at radius 1 is 1.42 bits per heavy atom. The maximum Gasteiger partial charge on any atom is 0.179 e. The molecule has 0 amide bonds. The average molecular weight is 176 g/mol. The zero-order chi connectivity index (χ0) is 9.40. The van der Waals surface area contributed by atoms with Crippen molar-refractivity contribution in [2.24, 2.45) is 5.73 Å². The first kappa shape index (κ1) is 11.8. The molecule has 0 bridgehead atoms. The molecule has 2 unspecified atom stereocenters. The third-order valence-electron chi connectivity index (χ3n) is 1.25. The highest BCUT2D eigenvalue weighted by atomic mass is 16.8. The highest BCUT2D eigenvalue weighted by Crippen LogP contribution is 2.03. The summed E-state index contributed by atoms with van der Waals surface area (Å²) in [6, 6.07) is 0. The Balaban J connectivity index is 3.54. The van der Waals surface area contributed by atoms with Crippen LogP contribution in [0.4, 0.5) is 0 Å². The van der Waals surface area contributed by atoms with E-state index in [0.717, 1.165) is 19.4 Å². The molecule has 2 atom stereocenters. The van der Waals surface area contributed by atoms with Gasteiger partial charge in [0.2, 0.25) is 0 Å². The Kier molecular flexibility index (Phi) is 7.39. The third kappa shape index (κ3) is 6.54. The summed E-state index contributed by atoms with van der Waals surface area (Å²) in [6.07, 6.45) is 1.37. The number of nitrogens with one attached hydrogen (secondary N) is 1. The van der Waals surface area contributed by atoms with Gasteiger partial charge < -0.3 is 10.5 Å². The summed E-state index contributed by atoms with van der Waals surface area (Å²) in [5.74, 6) is 0. The van der Waals surface area contributed by atoms with Crippen LogP contribution in [0, 0.1) is 0 Å². The van der Waals surface area contributed by atoms with E-state index in [9.17, 15) is 0 Å². The molecule has 0 aliphatic rings. The molecule has 0 fully saturated rings. The molecular formula is C8H20N2O2. The summed E-state index contributed by atoms with van der Waals surface area (Å²) in [5, 5.41) is 0. The van der Waals surface area contributed by atoms with E-state index in [0.29, 0.717) is 0 Å². The molecule has 0 aromatic heterocycles. The molecule has 74 valence electrons. The van der Waals surface area contributed by atoms with Gasteiger partial charge in [0.15, 0.2) is 6.29 Å². The summed E-state index contributed by atoms with van der Waals surface area (Å²) in [7, 11) is 0. The topological polar surface area (TPSA) is 56.5 Å². The Bertz CT molecular complexity index is 99.1. The molecule has 0 radical (unpaired) electrons. The van der Waals surface area contributed by atoms with E-state index >= 15 is 0 Å². The fraction of sp³-hybridized carbons (Fsp3) is 1.00. The third-order valence-corrected chi connectivity index (χ3v) is 1.25. The highest BCUT2D eigenvalue weighted by molar-refractivity contribution is 4.44. The normalized spacial score (nSPS) is 16.0. The quantitative estimate of drug-likeness (QED) is 0.448.